The van der Waals surface area contributed by atoms with Crippen molar-refractivity contribution in [3.63, 3.8) is 0 Å². The van der Waals surface area contributed by atoms with E-state index in [1.165, 1.54) is 12.1 Å². The summed E-state index contributed by atoms with van der Waals surface area (Å²) in [6, 6.07) is 15.8. The summed E-state index contributed by atoms with van der Waals surface area (Å²) in [5.41, 5.74) is 8.64. The molecule has 3 aromatic rings. The topological polar surface area (TPSA) is 62.2 Å². The van der Waals surface area contributed by atoms with E-state index < -0.39 is 12.6 Å². The number of fused-ring (bicyclic) bond motifs is 2. The molecule has 0 unspecified atom stereocenters. The van der Waals surface area contributed by atoms with Crippen LogP contribution in [0.1, 0.15) is 16.7 Å². The van der Waals surface area contributed by atoms with Crippen molar-refractivity contribution in [2.24, 2.45) is 10.7 Å². The first-order valence-corrected chi connectivity index (χ1v) is 7.99. The Labute approximate surface area is 147 Å². The molecule has 3 nitrogen and oxygen atoms in total. The van der Waals surface area contributed by atoms with Gasteiger partial charge < -0.3 is 5.73 Å². The first-order chi connectivity index (χ1) is 12.3. The van der Waals surface area contributed by atoms with E-state index >= 15 is 0 Å². The van der Waals surface area contributed by atoms with Crippen LogP contribution in [0.4, 0.5) is 13.2 Å². The lowest BCUT2D eigenvalue weighted by molar-refractivity contribution is -0.127. The Morgan fingerprint density at radius 2 is 1.73 bits per heavy atom. The van der Waals surface area contributed by atoms with E-state index in [2.05, 4.69) is 4.99 Å². The van der Waals surface area contributed by atoms with Crippen molar-refractivity contribution in [2.75, 3.05) is 0 Å². The Morgan fingerprint density at radius 1 is 0.962 bits per heavy atom. The van der Waals surface area contributed by atoms with Crippen LogP contribution < -0.4 is 5.73 Å². The maximum absolute atomic E-state index is 12.8. The van der Waals surface area contributed by atoms with Gasteiger partial charge in [0.25, 0.3) is 0 Å². The number of aliphatic imine (C=N–C) groups is 1. The van der Waals surface area contributed by atoms with Gasteiger partial charge in [0, 0.05) is 16.7 Å². The molecule has 3 N–H and O–H groups in total. The number of benzene rings is 3. The molecule has 3 aromatic carbocycles. The van der Waals surface area contributed by atoms with Gasteiger partial charge in [-0.3, -0.25) is 5.41 Å². The highest BCUT2D eigenvalue weighted by Gasteiger charge is 2.29. The summed E-state index contributed by atoms with van der Waals surface area (Å²) < 4.78 is 38.4. The van der Waals surface area contributed by atoms with Gasteiger partial charge in [-0.1, -0.05) is 48.5 Å². The molecule has 1 heterocycles. The third-order valence-electron chi connectivity index (χ3n) is 4.41. The number of rotatable bonds is 2. The molecule has 1 aliphatic rings. The Morgan fingerprint density at radius 3 is 2.50 bits per heavy atom. The van der Waals surface area contributed by atoms with Crippen LogP contribution in [0, 0.1) is 5.41 Å². The molecule has 0 bridgehead atoms. The third kappa shape index (κ3) is 2.73. The molecular formula is C20H14F3N3. The van der Waals surface area contributed by atoms with Gasteiger partial charge in [0.2, 0.25) is 0 Å². The van der Waals surface area contributed by atoms with E-state index in [4.69, 9.17) is 11.1 Å². The number of nitrogens with two attached hydrogens (primary N) is 1. The fourth-order valence-corrected chi connectivity index (χ4v) is 3.40. The van der Waals surface area contributed by atoms with E-state index in [9.17, 15) is 13.2 Å². The summed E-state index contributed by atoms with van der Waals surface area (Å²) >= 11 is 0. The zero-order valence-electron chi connectivity index (χ0n) is 13.6. The highest BCUT2D eigenvalue weighted by atomic mass is 19.4. The molecule has 0 saturated heterocycles. The van der Waals surface area contributed by atoms with Crippen LogP contribution >= 0.6 is 0 Å². The molecule has 0 spiro atoms. The minimum absolute atomic E-state index is 0.0273. The minimum Gasteiger partial charge on any atom is -0.383 e. The first kappa shape index (κ1) is 16.3. The summed E-state index contributed by atoms with van der Waals surface area (Å²) in [6.45, 7) is 0. The zero-order chi connectivity index (χ0) is 18.5. The monoisotopic (exact) mass is 353 g/mol. The highest BCUT2D eigenvalue weighted by molar-refractivity contribution is 6.26. The largest absolute Gasteiger partial charge is 0.393 e. The van der Waals surface area contributed by atoms with Gasteiger partial charge >= 0.3 is 6.18 Å². The van der Waals surface area contributed by atoms with Crippen LogP contribution in [0.2, 0.25) is 0 Å². The molecule has 1 aliphatic heterocycles. The molecule has 0 fully saturated rings. The Kier molecular flexibility index (Phi) is 3.57. The van der Waals surface area contributed by atoms with E-state index in [1.807, 2.05) is 30.3 Å². The highest BCUT2D eigenvalue weighted by Crippen LogP contribution is 2.38. The van der Waals surface area contributed by atoms with Gasteiger partial charge in [-0.05, 0) is 28.0 Å². The summed E-state index contributed by atoms with van der Waals surface area (Å²) in [4.78, 5) is 4.05. The molecule has 130 valence electrons. The molecule has 0 amide bonds. The van der Waals surface area contributed by atoms with Crippen LogP contribution in [-0.2, 0) is 6.42 Å². The quantitative estimate of drug-likeness (QED) is 0.692. The SMILES string of the molecule is N=C1N=C(N)c2cc3ccccc3c(-c3cccc(CC(F)(F)F)c3)c21. The van der Waals surface area contributed by atoms with Gasteiger partial charge in [0.15, 0.2) is 5.84 Å². The van der Waals surface area contributed by atoms with E-state index in [0.717, 1.165) is 10.8 Å². The van der Waals surface area contributed by atoms with Crippen LogP contribution in [0.15, 0.2) is 59.6 Å². The third-order valence-corrected chi connectivity index (χ3v) is 4.41. The first-order valence-electron chi connectivity index (χ1n) is 7.99. The predicted octanol–water partition coefficient (Wildman–Crippen LogP) is 4.66. The Bertz CT molecular complexity index is 1080. The lowest BCUT2D eigenvalue weighted by Gasteiger charge is -2.15. The number of hydrogen-bond donors (Lipinski definition) is 2. The molecule has 0 saturated carbocycles. The van der Waals surface area contributed by atoms with Gasteiger partial charge in [-0.2, -0.15) is 13.2 Å². The lowest BCUT2D eigenvalue weighted by atomic mass is 9.89. The van der Waals surface area contributed by atoms with Crippen LogP contribution in [-0.4, -0.2) is 17.8 Å². The maximum atomic E-state index is 12.8. The average Bonchev–Trinajstić information content (AvgIpc) is 2.85. The van der Waals surface area contributed by atoms with Crippen molar-refractivity contribution in [1.29, 1.82) is 5.41 Å². The normalized spacial score (nSPS) is 13.8. The Balaban J connectivity index is 2.00. The molecule has 6 heteroatoms. The molecule has 0 atom stereocenters. The van der Waals surface area contributed by atoms with E-state index in [1.54, 1.807) is 12.1 Å². The molecule has 4 rings (SSSR count). The molecule has 0 aliphatic carbocycles. The summed E-state index contributed by atoms with van der Waals surface area (Å²) in [6.07, 6.45) is -5.27. The summed E-state index contributed by atoms with van der Waals surface area (Å²) in [7, 11) is 0. The van der Waals surface area contributed by atoms with Crippen molar-refractivity contribution in [3.8, 4) is 11.1 Å². The fourth-order valence-electron chi connectivity index (χ4n) is 3.40. The van der Waals surface area contributed by atoms with Gasteiger partial charge in [-0.15, -0.1) is 0 Å². The predicted molar refractivity (Wildman–Crippen MR) is 96.7 cm³/mol. The smallest absolute Gasteiger partial charge is 0.383 e. The van der Waals surface area contributed by atoms with Crippen LogP contribution in [0.5, 0.6) is 0 Å². The number of nitrogens with zero attached hydrogens (tertiary/aromatic N) is 1. The summed E-state index contributed by atoms with van der Waals surface area (Å²) in [5, 5.41) is 9.93. The second-order valence-corrected chi connectivity index (χ2v) is 6.23. The second kappa shape index (κ2) is 5.69. The molecule has 0 radical (unpaired) electrons. The number of hydrogen-bond acceptors (Lipinski definition) is 2. The van der Waals surface area contributed by atoms with Gasteiger partial charge in [0.1, 0.15) is 5.84 Å². The van der Waals surface area contributed by atoms with Crippen molar-refractivity contribution in [3.05, 3.63) is 71.3 Å². The molecular weight excluding hydrogens is 339 g/mol. The van der Waals surface area contributed by atoms with E-state index in [0.29, 0.717) is 22.3 Å². The second-order valence-electron chi connectivity index (χ2n) is 6.23. The van der Waals surface area contributed by atoms with Gasteiger partial charge in [-0.25, -0.2) is 4.99 Å². The number of halogens is 3. The van der Waals surface area contributed by atoms with Crippen molar-refractivity contribution < 1.29 is 13.2 Å². The van der Waals surface area contributed by atoms with Crippen molar-refractivity contribution >= 4 is 22.4 Å². The lowest BCUT2D eigenvalue weighted by Crippen LogP contribution is -2.12. The van der Waals surface area contributed by atoms with Crippen molar-refractivity contribution in [1.82, 2.24) is 0 Å². The fraction of sp³-hybridized carbons (Fsp3) is 0.100. The number of alkyl halides is 3. The zero-order valence-corrected chi connectivity index (χ0v) is 13.6. The maximum Gasteiger partial charge on any atom is 0.393 e. The Hall–Kier alpha value is -3.15. The van der Waals surface area contributed by atoms with E-state index in [-0.39, 0.29) is 17.2 Å². The van der Waals surface area contributed by atoms with Gasteiger partial charge in [0.05, 0.1) is 6.42 Å². The van der Waals surface area contributed by atoms with Crippen LogP contribution in [0.3, 0.4) is 0 Å². The molecule has 0 aromatic heterocycles. The molecule has 26 heavy (non-hydrogen) atoms. The van der Waals surface area contributed by atoms with Crippen LogP contribution in [0.25, 0.3) is 21.9 Å². The number of nitrogens with one attached hydrogen (secondary N) is 1. The number of amidine groups is 2. The summed E-state index contributed by atoms with van der Waals surface area (Å²) in [5.74, 6) is 0.280. The minimum atomic E-state index is -4.28. The average molecular weight is 353 g/mol. The standard InChI is InChI=1S/C20H14F3N3/c21-20(22,23)10-11-4-3-6-13(8-11)16-14-7-2-1-5-12(14)9-15-17(16)19(25)26-18(15)24/h1-9H,10H2,(H3,24,25,26). The van der Waals surface area contributed by atoms with Crippen molar-refractivity contribution in [2.45, 2.75) is 12.6 Å².